The van der Waals surface area contributed by atoms with E-state index in [1.165, 1.54) is 0 Å². The van der Waals surface area contributed by atoms with E-state index < -0.39 is 0 Å². The van der Waals surface area contributed by atoms with Crippen LogP contribution in [0.5, 0.6) is 0 Å². The third-order valence-electron chi connectivity index (χ3n) is 3.45. The van der Waals surface area contributed by atoms with Crippen molar-refractivity contribution in [3.63, 3.8) is 0 Å². The van der Waals surface area contributed by atoms with Gasteiger partial charge in [0.05, 0.1) is 0 Å². The topological polar surface area (TPSA) is 58.2 Å². The third-order valence-corrected chi connectivity index (χ3v) is 3.45. The van der Waals surface area contributed by atoms with Crippen LogP contribution in [-0.4, -0.2) is 18.4 Å². The number of carbonyl (C=O) groups is 2. The van der Waals surface area contributed by atoms with Crippen molar-refractivity contribution >= 4 is 17.5 Å². The fraction of sp³-hybridized carbons (Fsp3) is 0.263. The summed E-state index contributed by atoms with van der Waals surface area (Å²) >= 11 is 0. The van der Waals surface area contributed by atoms with Gasteiger partial charge in [0, 0.05) is 24.2 Å². The summed E-state index contributed by atoms with van der Waals surface area (Å²) in [4.78, 5) is 23.8. The standard InChI is InChI=1S/C19H22N2O2/c1-2-14-20-19(23)16-9-11-17(12-10-16)21-18(22)13-8-15-6-4-3-5-7-15/h3-7,9-12H,2,8,13-14H2,1H3,(H,20,23)(H,21,22). The molecule has 2 rings (SSSR count). The lowest BCUT2D eigenvalue weighted by Crippen LogP contribution is -2.23. The van der Waals surface area contributed by atoms with Crippen LogP contribution in [0.4, 0.5) is 5.69 Å². The summed E-state index contributed by atoms with van der Waals surface area (Å²) in [6.07, 6.45) is 2.05. The van der Waals surface area contributed by atoms with E-state index in [-0.39, 0.29) is 11.8 Å². The van der Waals surface area contributed by atoms with Crippen molar-refractivity contribution in [2.45, 2.75) is 26.2 Å². The number of carbonyl (C=O) groups excluding carboxylic acids is 2. The van der Waals surface area contributed by atoms with Crippen LogP contribution in [0.2, 0.25) is 0 Å². The van der Waals surface area contributed by atoms with E-state index in [0.29, 0.717) is 30.6 Å². The largest absolute Gasteiger partial charge is 0.352 e. The second kappa shape index (κ2) is 8.73. The average Bonchev–Trinajstić information content (AvgIpc) is 2.59. The summed E-state index contributed by atoms with van der Waals surface area (Å²) < 4.78 is 0. The van der Waals surface area contributed by atoms with Crippen LogP contribution in [0.3, 0.4) is 0 Å². The minimum Gasteiger partial charge on any atom is -0.352 e. The predicted molar refractivity (Wildman–Crippen MR) is 92.5 cm³/mol. The first-order valence-corrected chi connectivity index (χ1v) is 7.91. The Morgan fingerprint density at radius 3 is 2.30 bits per heavy atom. The van der Waals surface area contributed by atoms with Crippen molar-refractivity contribution in [2.75, 3.05) is 11.9 Å². The van der Waals surface area contributed by atoms with E-state index in [2.05, 4.69) is 10.6 Å². The minimum atomic E-state index is -0.0891. The monoisotopic (exact) mass is 310 g/mol. The van der Waals surface area contributed by atoms with Crippen LogP contribution in [-0.2, 0) is 11.2 Å². The highest BCUT2D eigenvalue weighted by Crippen LogP contribution is 2.11. The molecule has 2 N–H and O–H groups in total. The maximum absolute atomic E-state index is 12.0. The van der Waals surface area contributed by atoms with Gasteiger partial charge in [0.2, 0.25) is 5.91 Å². The molecule has 0 spiro atoms. The first kappa shape index (κ1) is 16.7. The molecule has 2 aromatic carbocycles. The van der Waals surface area contributed by atoms with Crippen LogP contribution in [0.1, 0.15) is 35.7 Å². The van der Waals surface area contributed by atoms with Crippen LogP contribution in [0, 0.1) is 0 Å². The molecule has 0 heterocycles. The Bertz CT molecular complexity index is 636. The molecule has 0 aromatic heterocycles. The molecule has 0 unspecified atom stereocenters. The molecule has 4 heteroatoms. The van der Waals surface area contributed by atoms with Crippen LogP contribution >= 0.6 is 0 Å². The van der Waals surface area contributed by atoms with Gasteiger partial charge in [-0.25, -0.2) is 0 Å². The molecule has 4 nitrogen and oxygen atoms in total. The highest BCUT2D eigenvalue weighted by atomic mass is 16.2. The molecule has 2 aromatic rings. The fourth-order valence-electron chi connectivity index (χ4n) is 2.17. The normalized spacial score (nSPS) is 10.1. The van der Waals surface area contributed by atoms with Gasteiger partial charge in [0.15, 0.2) is 0 Å². The SMILES string of the molecule is CCCNC(=O)c1ccc(NC(=O)CCc2ccccc2)cc1. The van der Waals surface area contributed by atoms with Crippen molar-refractivity contribution < 1.29 is 9.59 Å². The summed E-state index contributed by atoms with van der Waals surface area (Å²) in [6.45, 7) is 2.67. The van der Waals surface area contributed by atoms with Crippen LogP contribution < -0.4 is 10.6 Å². The van der Waals surface area contributed by atoms with Gasteiger partial charge < -0.3 is 10.6 Å². The highest BCUT2D eigenvalue weighted by Gasteiger charge is 2.06. The molecule has 120 valence electrons. The maximum Gasteiger partial charge on any atom is 0.251 e. The van der Waals surface area contributed by atoms with E-state index in [9.17, 15) is 9.59 Å². The van der Waals surface area contributed by atoms with Crippen molar-refractivity contribution in [3.8, 4) is 0 Å². The number of anilines is 1. The van der Waals surface area contributed by atoms with Gasteiger partial charge in [0.25, 0.3) is 5.91 Å². The molecule has 0 aliphatic heterocycles. The van der Waals surface area contributed by atoms with Gasteiger partial charge in [-0.3, -0.25) is 9.59 Å². The maximum atomic E-state index is 12.0. The zero-order valence-corrected chi connectivity index (χ0v) is 13.3. The molecule has 0 atom stereocenters. The molecule has 0 saturated heterocycles. The lowest BCUT2D eigenvalue weighted by Gasteiger charge is -2.07. The van der Waals surface area contributed by atoms with E-state index in [4.69, 9.17) is 0 Å². The summed E-state index contributed by atoms with van der Waals surface area (Å²) in [5, 5.41) is 5.67. The number of aryl methyl sites for hydroxylation is 1. The number of rotatable bonds is 7. The van der Waals surface area contributed by atoms with E-state index in [1.807, 2.05) is 37.3 Å². The fourth-order valence-corrected chi connectivity index (χ4v) is 2.17. The van der Waals surface area contributed by atoms with Gasteiger partial charge in [-0.15, -0.1) is 0 Å². The van der Waals surface area contributed by atoms with Crippen LogP contribution in [0.25, 0.3) is 0 Å². The van der Waals surface area contributed by atoms with Gasteiger partial charge >= 0.3 is 0 Å². The first-order chi connectivity index (χ1) is 11.2. The molecule has 0 bridgehead atoms. The molecule has 0 saturated carbocycles. The van der Waals surface area contributed by atoms with Gasteiger partial charge in [0.1, 0.15) is 0 Å². The molecule has 0 aliphatic carbocycles. The zero-order chi connectivity index (χ0) is 16.5. The second-order valence-electron chi connectivity index (χ2n) is 5.37. The van der Waals surface area contributed by atoms with Crippen molar-refractivity contribution in [3.05, 3.63) is 65.7 Å². The first-order valence-electron chi connectivity index (χ1n) is 7.91. The van der Waals surface area contributed by atoms with Gasteiger partial charge in [-0.05, 0) is 42.7 Å². The quantitative estimate of drug-likeness (QED) is 0.823. The molecule has 2 amide bonds. The Morgan fingerprint density at radius 1 is 0.957 bits per heavy atom. The Labute approximate surface area is 136 Å². The Morgan fingerprint density at radius 2 is 1.65 bits per heavy atom. The summed E-state index contributed by atoms with van der Waals surface area (Å²) in [7, 11) is 0. The average molecular weight is 310 g/mol. The second-order valence-corrected chi connectivity index (χ2v) is 5.37. The lowest BCUT2D eigenvalue weighted by atomic mass is 10.1. The Kier molecular flexibility index (Phi) is 6.36. The van der Waals surface area contributed by atoms with E-state index in [1.54, 1.807) is 24.3 Å². The minimum absolute atomic E-state index is 0.0305. The molecule has 0 fully saturated rings. The molecular weight excluding hydrogens is 288 g/mol. The third kappa shape index (κ3) is 5.58. The highest BCUT2D eigenvalue weighted by molar-refractivity contribution is 5.95. The summed E-state index contributed by atoms with van der Waals surface area (Å²) in [6, 6.07) is 16.9. The number of amides is 2. The molecular formula is C19H22N2O2. The van der Waals surface area contributed by atoms with E-state index in [0.717, 1.165) is 12.0 Å². The molecule has 0 aliphatic rings. The molecule has 23 heavy (non-hydrogen) atoms. The summed E-state index contributed by atoms with van der Waals surface area (Å²) in [5.74, 6) is -0.120. The van der Waals surface area contributed by atoms with Gasteiger partial charge in [-0.2, -0.15) is 0 Å². The van der Waals surface area contributed by atoms with Crippen molar-refractivity contribution in [1.82, 2.24) is 5.32 Å². The predicted octanol–water partition coefficient (Wildman–Crippen LogP) is 3.40. The van der Waals surface area contributed by atoms with E-state index >= 15 is 0 Å². The number of hydrogen-bond acceptors (Lipinski definition) is 2. The zero-order valence-electron chi connectivity index (χ0n) is 13.3. The Hall–Kier alpha value is -2.62. The van der Waals surface area contributed by atoms with Crippen LogP contribution in [0.15, 0.2) is 54.6 Å². The number of hydrogen-bond donors (Lipinski definition) is 2. The van der Waals surface area contributed by atoms with Crippen molar-refractivity contribution in [1.29, 1.82) is 0 Å². The van der Waals surface area contributed by atoms with Crippen molar-refractivity contribution in [2.24, 2.45) is 0 Å². The number of benzene rings is 2. The van der Waals surface area contributed by atoms with Gasteiger partial charge in [-0.1, -0.05) is 37.3 Å². The smallest absolute Gasteiger partial charge is 0.251 e. The number of nitrogens with one attached hydrogen (secondary N) is 2. The lowest BCUT2D eigenvalue weighted by molar-refractivity contribution is -0.116. The summed E-state index contributed by atoms with van der Waals surface area (Å²) in [5.41, 5.74) is 2.45. The Balaban J connectivity index is 1.83. The molecule has 0 radical (unpaired) electrons.